The van der Waals surface area contributed by atoms with E-state index >= 15 is 0 Å². The molecular formula is C10H13F3N2O2S. The van der Waals surface area contributed by atoms with Crippen molar-refractivity contribution in [2.24, 2.45) is 0 Å². The SMILES string of the molecule is CNCc1cc(S(=O)(=O)NCC(F)F)ccc1F. The molecule has 0 aliphatic carbocycles. The molecule has 1 rings (SSSR count). The van der Waals surface area contributed by atoms with Gasteiger partial charge in [-0.2, -0.15) is 0 Å². The molecule has 1 aromatic carbocycles. The summed E-state index contributed by atoms with van der Waals surface area (Å²) in [6.45, 7) is -0.828. The maximum atomic E-state index is 13.3. The number of alkyl halides is 2. The van der Waals surface area contributed by atoms with Gasteiger partial charge in [0.25, 0.3) is 6.43 Å². The Balaban J connectivity index is 2.98. The van der Waals surface area contributed by atoms with Crippen molar-refractivity contribution in [2.75, 3.05) is 13.6 Å². The largest absolute Gasteiger partial charge is 0.316 e. The molecule has 2 N–H and O–H groups in total. The summed E-state index contributed by atoms with van der Waals surface area (Å²) in [5.41, 5.74) is 0.150. The third kappa shape index (κ3) is 3.97. The molecular weight excluding hydrogens is 269 g/mol. The van der Waals surface area contributed by atoms with Crippen LogP contribution in [0.4, 0.5) is 13.2 Å². The molecule has 102 valence electrons. The molecule has 0 atom stereocenters. The molecule has 0 bridgehead atoms. The van der Waals surface area contributed by atoms with Gasteiger partial charge in [-0.15, -0.1) is 0 Å². The number of rotatable bonds is 6. The van der Waals surface area contributed by atoms with Crippen molar-refractivity contribution in [3.63, 3.8) is 0 Å². The first-order valence-electron chi connectivity index (χ1n) is 5.07. The molecule has 4 nitrogen and oxygen atoms in total. The maximum Gasteiger partial charge on any atom is 0.251 e. The van der Waals surface area contributed by atoms with E-state index in [1.165, 1.54) is 0 Å². The fourth-order valence-corrected chi connectivity index (χ4v) is 2.36. The van der Waals surface area contributed by atoms with Crippen LogP contribution in [0.15, 0.2) is 23.1 Å². The summed E-state index contributed by atoms with van der Waals surface area (Å²) in [5, 5.41) is 2.68. The molecule has 0 aromatic heterocycles. The lowest BCUT2D eigenvalue weighted by molar-refractivity contribution is 0.153. The molecule has 0 radical (unpaired) electrons. The summed E-state index contributed by atoms with van der Waals surface area (Å²) < 4.78 is 62.2. The van der Waals surface area contributed by atoms with Gasteiger partial charge in [-0.1, -0.05) is 0 Å². The van der Waals surface area contributed by atoms with Crippen molar-refractivity contribution < 1.29 is 21.6 Å². The average Bonchev–Trinajstić information content (AvgIpc) is 2.29. The summed E-state index contributed by atoms with van der Waals surface area (Å²) in [6, 6.07) is 3.13. The summed E-state index contributed by atoms with van der Waals surface area (Å²) in [4.78, 5) is -0.241. The molecule has 0 saturated heterocycles. The smallest absolute Gasteiger partial charge is 0.251 e. The number of sulfonamides is 1. The van der Waals surface area contributed by atoms with Crippen LogP contribution in [0.25, 0.3) is 0 Å². The second-order valence-corrected chi connectivity index (χ2v) is 5.29. The Bertz CT molecular complexity index is 506. The summed E-state index contributed by atoms with van der Waals surface area (Å²) >= 11 is 0. The van der Waals surface area contributed by atoms with Gasteiger partial charge < -0.3 is 5.32 Å². The van der Waals surface area contributed by atoms with Gasteiger partial charge in [0.1, 0.15) is 5.82 Å². The van der Waals surface area contributed by atoms with E-state index < -0.39 is 28.8 Å². The van der Waals surface area contributed by atoms with E-state index in [0.29, 0.717) is 0 Å². The van der Waals surface area contributed by atoms with Crippen molar-refractivity contribution in [3.8, 4) is 0 Å². The summed E-state index contributed by atoms with van der Waals surface area (Å²) in [7, 11) is -2.46. The Kier molecular flexibility index (Phi) is 5.12. The number of halogens is 3. The predicted octanol–water partition coefficient (Wildman–Crippen LogP) is 1.09. The van der Waals surface area contributed by atoms with Crippen LogP contribution in [-0.2, 0) is 16.6 Å². The lowest BCUT2D eigenvalue weighted by atomic mass is 10.2. The van der Waals surface area contributed by atoms with Crippen LogP contribution in [0.2, 0.25) is 0 Å². The van der Waals surface area contributed by atoms with Gasteiger partial charge in [-0.3, -0.25) is 0 Å². The normalized spacial score (nSPS) is 12.1. The Labute approximate surface area is 103 Å². The van der Waals surface area contributed by atoms with Crippen molar-refractivity contribution in [2.45, 2.75) is 17.9 Å². The van der Waals surface area contributed by atoms with Gasteiger partial charge in [0, 0.05) is 12.1 Å². The zero-order valence-corrected chi connectivity index (χ0v) is 10.4. The molecule has 0 amide bonds. The summed E-state index contributed by atoms with van der Waals surface area (Å²) in [5.74, 6) is -0.558. The molecule has 0 aliphatic rings. The molecule has 0 unspecified atom stereocenters. The van der Waals surface area contributed by atoms with Crippen LogP contribution < -0.4 is 10.0 Å². The zero-order valence-electron chi connectivity index (χ0n) is 9.58. The van der Waals surface area contributed by atoms with Crippen molar-refractivity contribution in [1.82, 2.24) is 10.0 Å². The standard InChI is InChI=1S/C10H13F3N2O2S/c1-14-5-7-4-8(2-3-9(7)11)18(16,17)15-6-10(12)13/h2-4,10,14-15H,5-6H2,1H3. The van der Waals surface area contributed by atoms with Gasteiger partial charge in [0.2, 0.25) is 10.0 Å². The highest BCUT2D eigenvalue weighted by Gasteiger charge is 2.17. The van der Waals surface area contributed by atoms with E-state index in [4.69, 9.17) is 0 Å². The molecule has 8 heteroatoms. The molecule has 0 saturated carbocycles. The second kappa shape index (κ2) is 6.17. The highest BCUT2D eigenvalue weighted by atomic mass is 32.2. The van der Waals surface area contributed by atoms with Gasteiger partial charge >= 0.3 is 0 Å². The lowest BCUT2D eigenvalue weighted by Gasteiger charge is -2.08. The molecule has 1 aromatic rings. The highest BCUT2D eigenvalue weighted by molar-refractivity contribution is 7.89. The predicted molar refractivity (Wildman–Crippen MR) is 60.4 cm³/mol. The fraction of sp³-hybridized carbons (Fsp3) is 0.400. The Morgan fingerprint density at radius 2 is 2.00 bits per heavy atom. The van der Waals surface area contributed by atoms with Crippen molar-refractivity contribution in [1.29, 1.82) is 0 Å². The second-order valence-electron chi connectivity index (χ2n) is 3.53. The van der Waals surface area contributed by atoms with Crippen LogP contribution in [0, 0.1) is 5.82 Å². The highest BCUT2D eigenvalue weighted by Crippen LogP contribution is 2.15. The number of hydrogen-bond donors (Lipinski definition) is 2. The first kappa shape index (κ1) is 14.9. The minimum atomic E-state index is -4.04. The lowest BCUT2D eigenvalue weighted by Crippen LogP contribution is -2.28. The van der Waals surface area contributed by atoms with E-state index in [2.05, 4.69) is 5.32 Å². The van der Waals surface area contributed by atoms with Crippen LogP contribution in [0.3, 0.4) is 0 Å². The van der Waals surface area contributed by atoms with Gasteiger partial charge in [-0.05, 0) is 25.2 Å². The Hall–Kier alpha value is -1.12. The van der Waals surface area contributed by atoms with E-state index in [1.807, 2.05) is 0 Å². The number of hydrogen-bond acceptors (Lipinski definition) is 3. The minimum Gasteiger partial charge on any atom is -0.316 e. The average molecular weight is 282 g/mol. The fourth-order valence-electron chi connectivity index (χ4n) is 1.30. The van der Waals surface area contributed by atoms with E-state index in [-0.39, 0.29) is 17.0 Å². The van der Waals surface area contributed by atoms with E-state index in [1.54, 1.807) is 11.8 Å². The maximum absolute atomic E-state index is 13.3. The zero-order chi connectivity index (χ0) is 13.8. The van der Waals surface area contributed by atoms with Crippen molar-refractivity contribution in [3.05, 3.63) is 29.6 Å². The van der Waals surface area contributed by atoms with Crippen LogP contribution >= 0.6 is 0 Å². The van der Waals surface area contributed by atoms with Gasteiger partial charge in [-0.25, -0.2) is 26.3 Å². The number of benzene rings is 1. The molecule has 18 heavy (non-hydrogen) atoms. The van der Waals surface area contributed by atoms with Crippen LogP contribution in [0.5, 0.6) is 0 Å². The topological polar surface area (TPSA) is 58.2 Å². The van der Waals surface area contributed by atoms with Crippen LogP contribution in [-0.4, -0.2) is 28.4 Å². The molecule has 0 aliphatic heterocycles. The quantitative estimate of drug-likeness (QED) is 0.821. The first-order chi connectivity index (χ1) is 8.36. The summed E-state index contributed by atoms with van der Waals surface area (Å²) in [6.07, 6.45) is -2.78. The first-order valence-corrected chi connectivity index (χ1v) is 6.56. The van der Waals surface area contributed by atoms with Gasteiger partial charge in [0.05, 0.1) is 11.4 Å². The molecule has 0 heterocycles. The third-order valence-electron chi connectivity index (χ3n) is 2.12. The third-order valence-corrected chi connectivity index (χ3v) is 3.54. The molecule has 0 spiro atoms. The van der Waals surface area contributed by atoms with E-state index in [0.717, 1.165) is 18.2 Å². The van der Waals surface area contributed by atoms with Crippen LogP contribution in [0.1, 0.15) is 5.56 Å². The Morgan fingerprint density at radius 1 is 1.33 bits per heavy atom. The van der Waals surface area contributed by atoms with Crippen molar-refractivity contribution >= 4 is 10.0 Å². The van der Waals surface area contributed by atoms with Gasteiger partial charge in [0.15, 0.2) is 0 Å². The monoisotopic (exact) mass is 282 g/mol. The Morgan fingerprint density at radius 3 is 2.56 bits per heavy atom. The molecule has 0 fully saturated rings. The minimum absolute atomic E-state index is 0.143. The van der Waals surface area contributed by atoms with E-state index in [9.17, 15) is 21.6 Å². The number of nitrogens with one attached hydrogen (secondary N) is 2.